The van der Waals surface area contributed by atoms with E-state index in [-0.39, 0.29) is 10.8 Å². The molecule has 0 bridgehead atoms. The Balaban J connectivity index is 2.31. The average Bonchev–Trinajstić information content (AvgIpc) is 2.44. The maximum Gasteiger partial charge on any atom is 0.142 e. The van der Waals surface area contributed by atoms with Gasteiger partial charge in [0.05, 0.1) is 16.4 Å². The smallest absolute Gasteiger partial charge is 0.142 e. The molecule has 0 aliphatic carbocycles. The van der Waals surface area contributed by atoms with E-state index in [1.54, 1.807) is 6.07 Å². The highest BCUT2D eigenvalue weighted by atomic mass is 35.5. The fraction of sp³-hybridized carbons (Fsp3) is 0.250. The highest BCUT2D eigenvalue weighted by Crippen LogP contribution is 2.27. The van der Waals surface area contributed by atoms with Crippen LogP contribution in [0.4, 0.5) is 15.8 Å². The molecule has 4 heteroatoms. The number of nitrogens with two attached hydrogens (primary N) is 1. The molecule has 0 unspecified atom stereocenters. The van der Waals surface area contributed by atoms with E-state index in [1.807, 2.05) is 30.3 Å². The number of para-hydroxylation sites is 2. The second-order valence-corrected chi connectivity index (χ2v) is 5.07. The predicted octanol–water partition coefficient (Wildman–Crippen LogP) is 4.48. The van der Waals surface area contributed by atoms with Crippen molar-refractivity contribution >= 4 is 23.0 Å². The van der Waals surface area contributed by atoms with Crippen molar-refractivity contribution in [3.8, 4) is 0 Å². The van der Waals surface area contributed by atoms with Gasteiger partial charge < -0.3 is 10.6 Å². The first-order valence-corrected chi connectivity index (χ1v) is 7.03. The standard InChI is InChI=1S/C16H18ClFN2/c1-2-10-20(15-9-4-3-8-14(15)19)11-12-6-5-7-13(18)16(12)17/h3-9H,2,10-11,19H2,1H3. The van der Waals surface area contributed by atoms with Crippen molar-refractivity contribution in [2.24, 2.45) is 0 Å². The molecule has 2 rings (SSSR count). The van der Waals surface area contributed by atoms with Gasteiger partial charge in [-0.3, -0.25) is 0 Å². The van der Waals surface area contributed by atoms with E-state index in [1.165, 1.54) is 6.07 Å². The first-order chi connectivity index (χ1) is 9.63. The van der Waals surface area contributed by atoms with Gasteiger partial charge >= 0.3 is 0 Å². The van der Waals surface area contributed by atoms with Gasteiger partial charge in [-0.1, -0.05) is 42.8 Å². The van der Waals surface area contributed by atoms with Crippen LogP contribution in [0.15, 0.2) is 42.5 Å². The van der Waals surface area contributed by atoms with Gasteiger partial charge in [-0.25, -0.2) is 4.39 Å². The zero-order valence-electron chi connectivity index (χ0n) is 11.4. The molecule has 0 amide bonds. The molecule has 0 radical (unpaired) electrons. The average molecular weight is 293 g/mol. The van der Waals surface area contributed by atoms with Gasteiger partial charge in [0.2, 0.25) is 0 Å². The van der Waals surface area contributed by atoms with Crippen LogP contribution in [0, 0.1) is 5.82 Å². The second-order valence-electron chi connectivity index (χ2n) is 4.69. The minimum absolute atomic E-state index is 0.183. The fourth-order valence-corrected chi connectivity index (χ4v) is 2.39. The monoisotopic (exact) mass is 292 g/mol. The van der Waals surface area contributed by atoms with E-state index in [0.29, 0.717) is 12.2 Å². The third kappa shape index (κ3) is 3.23. The summed E-state index contributed by atoms with van der Waals surface area (Å²) in [5.74, 6) is -0.387. The molecule has 0 heterocycles. The highest BCUT2D eigenvalue weighted by molar-refractivity contribution is 6.31. The van der Waals surface area contributed by atoms with Crippen molar-refractivity contribution in [1.82, 2.24) is 0 Å². The van der Waals surface area contributed by atoms with Crippen LogP contribution in [-0.2, 0) is 6.54 Å². The number of nitrogen functional groups attached to an aromatic ring is 1. The van der Waals surface area contributed by atoms with Gasteiger partial charge in [-0.2, -0.15) is 0 Å². The first-order valence-electron chi connectivity index (χ1n) is 6.65. The zero-order valence-corrected chi connectivity index (χ0v) is 12.2. The highest BCUT2D eigenvalue weighted by Gasteiger charge is 2.13. The second kappa shape index (κ2) is 6.62. The molecule has 0 aromatic heterocycles. The Morgan fingerprint density at radius 2 is 1.90 bits per heavy atom. The summed E-state index contributed by atoms with van der Waals surface area (Å²) in [5, 5.41) is 0.183. The molecule has 0 aliphatic rings. The van der Waals surface area contributed by atoms with Crippen LogP contribution in [0.1, 0.15) is 18.9 Å². The van der Waals surface area contributed by atoms with Crippen LogP contribution < -0.4 is 10.6 Å². The van der Waals surface area contributed by atoms with E-state index in [4.69, 9.17) is 17.3 Å². The van der Waals surface area contributed by atoms with E-state index >= 15 is 0 Å². The number of rotatable bonds is 5. The molecule has 0 spiro atoms. The lowest BCUT2D eigenvalue weighted by molar-refractivity contribution is 0.624. The van der Waals surface area contributed by atoms with Gasteiger partial charge in [-0.15, -0.1) is 0 Å². The molecular weight excluding hydrogens is 275 g/mol. The summed E-state index contributed by atoms with van der Waals surface area (Å²) in [6.07, 6.45) is 0.973. The Morgan fingerprint density at radius 1 is 1.15 bits per heavy atom. The number of halogens is 2. The third-order valence-electron chi connectivity index (χ3n) is 3.16. The Hall–Kier alpha value is -1.74. The number of hydrogen-bond donors (Lipinski definition) is 1. The zero-order chi connectivity index (χ0) is 14.5. The van der Waals surface area contributed by atoms with E-state index in [9.17, 15) is 4.39 Å². The Bertz CT molecular complexity index is 586. The number of hydrogen-bond acceptors (Lipinski definition) is 2. The summed E-state index contributed by atoms with van der Waals surface area (Å²) in [5.41, 5.74) is 8.46. The summed E-state index contributed by atoms with van der Waals surface area (Å²) < 4.78 is 13.5. The third-order valence-corrected chi connectivity index (χ3v) is 3.59. The van der Waals surface area contributed by atoms with Gasteiger partial charge in [0.15, 0.2) is 0 Å². The first kappa shape index (κ1) is 14.7. The minimum Gasteiger partial charge on any atom is -0.397 e. The van der Waals surface area contributed by atoms with Crippen LogP contribution in [0.3, 0.4) is 0 Å². The Morgan fingerprint density at radius 3 is 2.60 bits per heavy atom. The number of nitrogens with zero attached hydrogens (tertiary/aromatic N) is 1. The molecule has 20 heavy (non-hydrogen) atoms. The van der Waals surface area contributed by atoms with E-state index in [0.717, 1.165) is 24.2 Å². The molecule has 2 aromatic rings. The molecular formula is C16H18ClFN2. The lowest BCUT2D eigenvalue weighted by Gasteiger charge is -2.26. The summed E-state index contributed by atoms with van der Waals surface area (Å²) in [4.78, 5) is 2.12. The van der Waals surface area contributed by atoms with E-state index in [2.05, 4.69) is 11.8 Å². The van der Waals surface area contributed by atoms with Gasteiger partial charge in [-0.05, 0) is 30.2 Å². The van der Waals surface area contributed by atoms with Gasteiger partial charge in [0, 0.05) is 13.1 Å². The number of anilines is 2. The summed E-state index contributed by atoms with van der Waals surface area (Å²) >= 11 is 6.03. The normalized spacial score (nSPS) is 10.6. The van der Waals surface area contributed by atoms with Crippen LogP contribution in [0.2, 0.25) is 5.02 Å². The van der Waals surface area contributed by atoms with Gasteiger partial charge in [0.1, 0.15) is 5.82 Å². The largest absolute Gasteiger partial charge is 0.397 e. The molecule has 0 saturated carbocycles. The van der Waals surface area contributed by atoms with Crippen LogP contribution >= 0.6 is 11.6 Å². The molecule has 2 aromatic carbocycles. The van der Waals surface area contributed by atoms with Crippen molar-refractivity contribution < 1.29 is 4.39 Å². The van der Waals surface area contributed by atoms with Crippen molar-refractivity contribution in [3.05, 3.63) is 58.9 Å². The van der Waals surface area contributed by atoms with Crippen LogP contribution in [-0.4, -0.2) is 6.54 Å². The summed E-state index contributed by atoms with van der Waals surface area (Å²) in [6, 6.07) is 12.6. The summed E-state index contributed by atoms with van der Waals surface area (Å²) in [7, 11) is 0. The predicted molar refractivity (Wildman–Crippen MR) is 83.6 cm³/mol. The van der Waals surface area contributed by atoms with Gasteiger partial charge in [0.25, 0.3) is 0 Å². The SMILES string of the molecule is CCCN(Cc1cccc(F)c1Cl)c1ccccc1N. The summed E-state index contributed by atoms with van der Waals surface area (Å²) in [6.45, 7) is 3.47. The van der Waals surface area contributed by atoms with Crippen LogP contribution in [0.5, 0.6) is 0 Å². The topological polar surface area (TPSA) is 29.3 Å². The molecule has 0 saturated heterocycles. The molecule has 106 valence electrons. The fourth-order valence-electron chi connectivity index (χ4n) is 2.21. The Labute approximate surface area is 124 Å². The van der Waals surface area contributed by atoms with Crippen molar-refractivity contribution in [2.75, 3.05) is 17.2 Å². The van der Waals surface area contributed by atoms with Crippen molar-refractivity contribution in [3.63, 3.8) is 0 Å². The Kier molecular flexibility index (Phi) is 4.85. The maximum absolute atomic E-state index is 13.5. The van der Waals surface area contributed by atoms with Crippen molar-refractivity contribution in [2.45, 2.75) is 19.9 Å². The minimum atomic E-state index is -0.387. The van der Waals surface area contributed by atoms with Crippen LogP contribution in [0.25, 0.3) is 0 Å². The molecule has 2 N–H and O–H groups in total. The molecule has 0 fully saturated rings. The van der Waals surface area contributed by atoms with Crippen molar-refractivity contribution in [1.29, 1.82) is 0 Å². The lowest BCUT2D eigenvalue weighted by atomic mass is 10.1. The number of benzene rings is 2. The molecule has 0 atom stereocenters. The lowest BCUT2D eigenvalue weighted by Crippen LogP contribution is -2.24. The van der Waals surface area contributed by atoms with E-state index < -0.39 is 0 Å². The quantitative estimate of drug-likeness (QED) is 0.823. The molecule has 0 aliphatic heterocycles. The molecule has 2 nitrogen and oxygen atoms in total. The maximum atomic E-state index is 13.5.